The van der Waals surface area contributed by atoms with E-state index >= 15 is 0 Å². The molecule has 0 spiro atoms. The van der Waals surface area contributed by atoms with Gasteiger partial charge in [0.15, 0.2) is 0 Å². The van der Waals surface area contributed by atoms with Crippen molar-refractivity contribution in [3.63, 3.8) is 0 Å². The number of H-pyrrole nitrogens is 1. The largest absolute Gasteiger partial charge is 0.355 e. The molecule has 1 unspecified atom stereocenters. The predicted molar refractivity (Wildman–Crippen MR) is 79.2 cm³/mol. The lowest BCUT2D eigenvalue weighted by molar-refractivity contribution is -0.384. The van der Waals surface area contributed by atoms with Crippen molar-refractivity contribution in [1.29, 1.82) is 0 Å². The summed E-state index contributed by atoms with van der Waals surface area (Å²) in [5.74, 6) is 1.20. The average molecular weight is 292 g/mol. The number of aromatic nitrogens is 4. The van der Waals surface area contributed by atoms with Gasteiger partial charge < -0.3 is 10.3 Å². The van der Waals surface area contributed by atoms with E-state index in [2.05, 4.69) is 20.4 Å². The molecule has 0 saturated carbocycles. The van der Waals surface area contributed by atoms with Crippen molar-refractivity contribution in [2.45, 2.75) is 46.2 Å². The van der Waals surface area contributed by atoms with Crippen LogP contribution < -0.4 is 5.32 Å². The predicted octanol–water partition coefficient (Wildman–Crippen LogP) is 2.80. The molecule has 114 valence electrons. The van der Waals surface area contributed by atoms with Crippen LogP contribution in [0.25, 0.3) is 0 Å². The molecule has 8 heteroatoms. The third-order valence-corrected chi connectivity index (χ3v) is 3.28. The Morgan fingerprint density at radius 3 is 2.81 bits per heavy atom. The van der Waals surface area contributed by atoms with Crippen LogP contribution in [0.2, 0.25) is 0 Å². The Kier molecular flexibility index (Phi) is 4.56. The smallest absolute Gasteiger partial charge is 0.333 e. The van der Waals surface area contributed by atoms with Gasteiger partial charge in [-0.15, -0.1) is 0 Å². The van der Waals surface area contributed by atoms with Gasteiger partial charge in [-0.05, 0) is 19.8 Å². The number of hydrogen-bond donors (Lipinski definition) is 2. The molecule has 0 aliphatic carbocycles. The van der Waals surface area contributed by atoms with E-state index in [0.29, 0.717) is 18.1 Å². The molecule has 2 heterocycles. The second kappa shape index (κ2) is 6.38. The zero-order chi connectivity index (χ0) is 15.4. The van der Waals surface area contributed by atoms with E-state index < -0.39 is 0 Å². The van der Waals surface area contributed by atoms with Gasteiger partial charge in [-0.2, -0.15) is 5.10 Å². The van der Waals surface area contributed by atoms with Gasteiger partial charge in [-0.1, -0.05) is 13.8 Å². The van der Waals surface area contributed by atoms with E-state index in [-0.39, 0.29) is 16.7 Å². The third-order valence-electron chi connectivity index (χ3n) is 3.28. The Hall–Kier alpha value is -2.38. The van der Waals surface area contributed by atoms with E-state index in [1.54, 1.807) is 24.0 Å². The number of hydrogen-bond acceptors (Lipinski definition) is 5. The summed E-state index contributed by atoms with van der Waals surface area (Å²) < 4.78 is 1.67. The zero-order valence-electron chi connectivity index (χ0n) is 12.5. The summed E-state index contributed by atoms with van der Waals surface area (Å²) in [4.78, 5) is 18.2. The number of nitro groups is 1. The summed E-state index contributed by atoms with van der Waals surface area (Å²) in [6.07, 6.45) is 5.01. The SMILES string of the molecule is CCCn1nc(C)c([N+](=O)[O-])c1NC(CC)c1ncc[nH]1. The molecule has 0 fully saturated rings. The van der Waals surface area contributed by atoms with Crippen molar-refractivity contribution in [1.82, 2.24) is 19.7 Å². The summed E-state index contributed by atoms with van der Waals surface area (Å²) in [5, 5.41) is 18.8. The Labute approximate surface area is 122 Å². The Bertz CT molecular complexity index is 604. The number of nitrogens with one attached hydrogen (secondary N) is 2. The van der Waals surface area contributed by atoms with Crippen molar-refractivity contribution in [2.24, 2.45) is 0 Å². The van der Waals surface area contributed by atoms with Gasteiger partial charge in [0, 0.05) is 18.9 Å². The van der Waals surface area contributed by atoms with E-state index in [9.17, 15) is 10.1 Å². The van der Waals surface area contributed by atoms with Crippen molar-refractivity contribution in [2.75, 3.05) is 5.32 Å². The van der Waals surface area contributed by atoms with Crippen LogP contribution in [0.4, 0.5) is 11.5 Å². The minimum Gasteiger partial charge on any atom is -0.355 e. The second-order valence-electron chi connectivity index (χ2n) is 4.84. The van der Waals surface area contributed by atoms with Crippen LogP contribution in [-0.4, -0.2) is 24.7 Å². The first-order valence-electron chi connectivity index (χ1n) is 7.06. The fourth-order valence-corrected chi connectivity index (χ4v) is 2.30. The molecule has 21 heavy (non-hydrogen) atoms. The van der Waals surface area contributed by atoms with Crippen LogP contribution in [0, 0.1) is 17.0 Å². The van der Waals surface area contributed by atoms with Gasteiger partial charge in [-0.25, -0.2) is 9.67 Å². The van der Waals surface area contributed by atoms with Crippen LogP contribution in [0.3, 0.4) is 0 Å². The first kappa shape index (κ1) is 15.0. The lowest BCUT2D eigenvalue weighted by Gasteiger charge is -2.16. The topological polar surface area (TPSA) is 102 Å². The molecule has 0 aliphatic rings. The van der Waals surface area contributed by atoms with E-state index in [0.717, 1.165) is 18.7 Å². The number of anilines is 1. The van der Waals surface area contributed by atoms with Gasteiger partial charge >= 0.3 is 5.69 Å². The normalized spacial score (nSPS) is 12.3. The second-order valence-corrected chi connectivity index (χ2v) is 4.84. The van der Waals surface area contributed by atoms with Crippen molar-refractivity contribution < 1.29 is 4.92 Å². The quantitative estimate of drug-likeness (QED) is 0.603. The minimum atomic E-state index is -0.383. The molecule has 0 aromatic carbocycles. The maximum absolute atomic E-state index is 11.3. The van der Waals surface area contributed by atoms with E-state index in [4.69, 9.17) is 0 Å². The average Bonchev–Trinajstić information content (AvgIpc) is 3.04. The molecule has 2 aromatic heterocycles. The fourth-order valence-electron chi connectivity index (χ4n) is 2.30. The van der Waals surface area contributed by atoms with Crippen LogP contribution in [0.1, 0.15) is 44.2 Å². The molecular formula is C13H20N6O2. The fraction of sp³-hybridized carbons (Fsp3) is 0.538. The molecule has 1 atom stereocenters. The van der Waals surface area contributed by atoms with Crippen molar-refractivity contribution in [3.8, 4) is 0 Å². The van der Waals surface area contributed by atoms with Crippen LogP contribution in [-0.2, 0) is 6.54 Å². The van der Waals surface area contributed by atoms with E-state index in [1.165, 1.54) is 0 Å². The van der Waals surface area contributed by atoms with E-state index in [1.807, 2.05) is 13.8 Å². The lowest BCUT2D eigenvalue weighted by Crippen LogP contribution is -2.16. The summed E-state index contributed by atoms with van der Waals surface area (Å²) in [5.41, 5.74) is 0.457. The molecule has 8 nitrogen and oxygen atoms in total. The molecular weight excluding hydrogens is 272 g/mol. The number of rotatable bonds is 7. The van der Waals surface area contributed by atoms with Gasteiger partial charge in [0.1, 0.15) is 11.5 Å². The van der Waals surface area contributed by atoms with Crippen molar-refractivity contribution >= 4 is 11.5 Å². The first-order chi connectivity index (χ1) is 10.1. The Balaban J connectivity index is 2.38. The van der Waals surface area contributed by atoms with Gasteiger partial charge in [0.25, 0.3) is 0 Å². The number of imidazole rings is 1. The highest BCUT2D eigenvalue weighted by molar-refractivity contribution is 5.60. The standard InChI is InChI=1S/C13H20N6O2/c1-4-8-18-13(11(19(20)21)9(3)17-18)16-10(5-2)12-14-6-7-15-12/h6-7,10,16H,4-5,8H2,1-3H3,(H,14,15). The molecule has 0 aliphatic heterocycles. The highest BCUT2D eigenvalue weighted by Gasteiger charge is 2.27. The molecule has 0 amide bonds. The highest BCUT2D eigenvalue weighted by atomic mass is 16.6. The van der Waals surface area contributed by atoms with Gasteiger partial charge in [-0.3, -0.25) is 10.1 Å². The zero-order valence-corrected chi connectivity index (χ0v) is 12.5. The number of aryl methyl sites for hydroxylation is 2. The Morgan fingerprint density at radius 2 is 2.29 bits per heavy atom. The molecule has 0 radical (unpaired) electrons. The molecule has 2 N–H and O–H groups in total. The summed E-state index contributed by atoms with van der Waals surface area (Å²) in [7, 11) is 0. The Morgan fingerprint density at radius 1 is 1.52 bits per heavy atom. The summed E-state index contributed by atoms with van der Waals surface area (Å²) in [6, 6.07) is -0.120. The summed E-state index contributed by atoms with van der Waals surface area (Å²) in [6.45, 7) is 6.30. The monoisotopic (exact) mass is 292 g/mol. The molecule has 0 saturated heterocycles. The highest BCUT2D eigenvalue weighted by Crippen LogP contribution is 2.31. The van der Waals surface area contributed by atoms with Crippen LogP contribution in [0.15, 0.2) is 12.4 Å². The van der Waals surface area contributed by atoms with Gasteiger partial charge in [0.05, 0.1) is 11.0 Å². The van der Waals surface area contributed by atoms with Gasteiger partial charge in [0.2, 0.25) is 5.82 Å². The number of nitrogens with zero attached hydrogens (tertiary/aromatic N) is 4. The van der Waals surface area contributed by atoms with Crippen LogP contribution in [0.5, 0.6) is 0 Å². The molecule has 2 rings (SSSR count). The number of aromatic amines is 1. The minimum absolute atomic E-state index is 0.0356. The molecule has 2 aromatic rings. The maximum Gasteiger partial charge on any atom is 0.333 e. The van der Waals surface area contributed by atoms with Crippen LogP contribution >= 0.6 is 0 Å². The third kappa shape index (κ3) is 3.04. The lowest BCUT2D eigenvalue weighted by atomic mass is 10.2. The van der Waals surface area contributed by atoms with Crippen molar-refractivity contribution in [3.05, 3.63) is 34.0 Å². The maximum atomic E-state index is 11.3. The molecule has 0 bridgehead atoms. The summed E-state index contributed by atoms with van der Waals surface area (Å²) >= 11 is 0. The first-order valence-corrected chi connectivity index (χ1v) is 7.06.